The molecule has 13 heavy (non-hydrogen) atoms. The molecule has 2 N–H and O–H groups in total. The number of rotatable bonds is 7. The monoisotopic (exact) mass is 191 g/mol. The molecule has 1 atom stereocenters. The summed E-state index contributed by atoms with van der Waals surface area (Å²) in [6.45, 7) is 3.15. The van der Waals surface area contributed by atoms with Crippen molar-refractivity contribution < 1.29 is 19.4 Å². The van der Waals surface area contributed by atoms with Crippen molar-refractivity contribution in [3.8, 4) is 0 Å². The molecule has 0 bridgehead atoms. The third-order valence-corrected chi connectivity index (χ3v) is 1.39. The van der Waals surface area contributed by atoms with Gasteiger partial charge in [-0.3, -0.25) is 4.79 Å². The van der Waals surface area contributed by atoms with Crippen LogP contribution in [0.4, 0.5) is 0 Å². The average molecular weight is 191 g/mol. The number of ether oxygens (including phenoxy) is 2. The van der Waals surface area contributed by atoms with Gasteiger partial charge in [-0.25, -0.2) is 0 Å². The molecule has 0 aromatic heterocycles. The Balaban J connectivity index is 3.26. The zero-order valence-corrected chi connectivity index (χ0v) is 8.08. The van der Waals surface area contributed by atoms with E-state index in [9.17, 15) is 9.90 Å². The van der Waals surface area contributed by atoms with Gasteiger partial charge < -0.3 is 19.9 Å². The van der Waals surface area contributed by atoms with Gasteiger partial charge in [0, 0.05) is 13.2 Å². The first-order chi connectivity index (χ1) is 6.20. The standard InChI is InChI=1S/C8H17NO4/c1-3-13-6-7(10)4-9-5-8(11)12-2/h7,9-10H,3-6H2,1-2H3. The lowest BCUT2D eigenvalue weighted by atomic mass is 10.4. The molecule has 0 radical (unpaired) electrons. The molecule has 0 aliphatic rings. The quantitative estimate of drug-likeness (QED) is 0.513. The maximum atomic E-state index is 10.6. The van der Waals surface area contributed by atoms with Crippen LogP contribution in [0.5, 0.6) is 0 Å². The van der Waals surface area contributed by atoms with Gasteiger partial charge in [0.1, 0.15) is 0 Å². The second-order valence-electron chi connectivity index (χ2n) is 2.52. The number of carbonyl (C=O) groups excluding carboxylic acids is 1. The van der Waals surface area contributed by atoms with E-state index in [1.165, 1.54) is 7.11 Å². The van der Waals surface area contributed by atoms with E-state index in [4.69, 9.17) is 4.74 Å². The molecule has 1 unspecified atom stereocenters. The number of aliphatic hydroxyl groups excluding tert-OH is 1. The van der Waals surface area contributed by atoms with E-state index in [1.54, 1.807) is 0 Å². The summed E-state index contributed by atoms with van der Waals surface area (Å²) in [4.78, 5) is 10.6. The maximum Gasteiger partial charge on any atom is 0.319 e. The Morgan fingerprint density at radius 2 is 2.31 bits per heavy atom. The summed E-state index contributed by atoms with van der Waals surface area (Å²) in [5, 5.41) is 12.0. The van der Waals surface area contributed by atoms with Crippen LogP contribution in [-0.4, -0.2) is 50.6 Å². The molecule has 0 heterocycles. The Kier molecular flexibility index (Phi) is 7.57. The molecule has 0 aromatic carbocycles. The minimum Gasteiger partial charge on any atom is -0.468 e. The topological polar surface area (TPSA) is 67.8 Å². The Morgan fingerprint density at radius 1 is 1.62 bits per heavy atom. The first-order valence-corrected chi connectivity index (χ1v) is 4.24. The van der Waals surface area contributed by atoms with Crippen molar-refractivity contribution in [1.29, 1.82) is 0 Å². The predicted octanol–water partition coefficient (Wildman–Crippen LogP) is -0.854. The van der Waals surface area contributed by atoms with Gasteiger partial charge in [-0.1, -0.05) is 0 Å². The minimum absolute atomic E-state index is 0.111. The summed E-state index contributed by atoms with van der Waals surface area (Å²) in [5.74, 6) is -0.344. The first kappa shape index (κ1) is 12.3. The van der Waals surface area contributed by atoms with Crippen LogP contribution in [0.3, 0.4) is 0 Å². The normalized spacial score (nSPS) is 12.5. The van der Waals surface area contributed by atoms with Crippen LogP contribution < -0.4 is 5.32 Å². The van der Waals surface area contributed by atoms with Gasteiger partial charge in [-0.15, -0.1) is 0 Å². The van der Waals surface area contributed by atoms with Gasteiger partial charge in [0.2, 0.25) is 0 Å². The molecular formula is C8H17NO4. The fourth-order valence-electron chi connectivity index (χ4n) is 0.726. The molecule has 0 fully saturated rings. The summed E-state index contributed by atoms with van der Waals surface area (Å²) in [6.07, 6.45) is -0.579. The number of methoxy groups -OCH3 is 1. The van der Waals surface area contributed by atoms with Gasteiger partial charge in [0.05, 0.1) is 26.4 Å². The van der Waals surface area contributed by atoms with E-state index in [0.717, 1.165) is 0 Å². The van der Waals surface area contributed by atoms with Crippen LogP contribution >= 0.6 is 0 Å². The Labute approximate surface area is 78.0 Å². The molecule has 78 valence electrons. The largest absolute Gasteiger partial charge is 0.468 e. The zero-order valence-electron chi connectivity index (χ0n) is 8.08. The molecule has 0 amide bonds. The van der Waals surface area contributed by atoms with Crippen LogP contribution in [-0.2, 0) is 14.3 Å². The van der Waals surface area contributed by atoms with Crippen LogP contribution in [0.2, 0.25) is 0 Å². The highest BCUT2D eigenvalue weighted by Gasteiger charge is 2.04. The van der Waals surface area contributed by atoms with Gasteiger partial charge in [0.25, 0.3) is 0 Å². The van der Waals surface area contributed by atoms with Crippen LogP contribution in [0, 0.1) is 0 Å². The zero-order chi connectivity index (χ0) is 10.1. The number of carbonyl (C=O) groups is 1. The van der Waals surface area contributed by atoms with Crippen molar-refractivity contribution in [2.45, 2.75) is 13.0 Å². The van der Waals surface area contributed by atoms with Crippen molar-refractivity contribution in [3.05, 3.63) is 0 Å². The van der Waals surface area contributed by atoms with Gasteiger partial charge in [0.15, 0.2) is 0 Å². The summed E-state index contributed by atoms with van der Waals surface area (Å²) in [7, 11) is 1.32. The maximum absolute atomic E-state index is 10.6. The van der Waals surface area contributed by atoms with Crippen molar-refractivity contribution in [3.63, 3.8) is 0 Å². The molecule has 0 saturated heterocycles. The fourth-order valence-corrected chi connectivity index (χ4v) is 0.726. The van der Waals surface area contributed by atoms with E-state index >= 15 is 0 Å². The Morgan fingerprint density at radius 3 is 2.85 bits per heavy atom. The SMILES string of the molecule is CCOCC(O)CNCC(=O)OC. The number of aliphatic hydroxyl groups is 1. The molecule has 0 aliphatic heterocycles. The molecule has 0 spiro atoms. The van der Waals surface area contributed by atoms with Crippen molar-refractivity contribution in [2.75, 3.05) is 33.4 Å². The number of hydrogen-bond acceptors (Lipinski definition) is 5. The first-order valence-electron chi connectivity index (χ1n) is 4.24. The van der Waals surface area contributed by atoms with Crippen molar-refractivity contribution in [2.24, 2.45) is 0 Å². The van der Waals surface area contributed by atoms with Gasteiger partial charge >= 0.3 is 5.97 Å². The van der Waals surface area contributed by atoms with E-state index < -0.39 is 6.10 Å². The Hall–Kier alpha value is -0.650. The number of hydrogen-bond donors (Lipinski definition) is 2. The van der Waals surface area contributed by atoms with E-state index in [1.807, 2.05) is 6.92 Å². The minimum atomic E-state index is -0.579. The van der Waals surface area contributed by atoms with Gasteiger partial charge in [-0.05, 0) is 6.92 Å². The number of esters is 1. The van der Waals surface area contributed by atoms with E-state index in [0.29, 0.717) is 13.2 Å². The molecule has 0 aliphatic carbocycles. The highest BCUT2D eigenvalue weighted by atomic mass is 16.5. The van der Waals surface area contributed by atoms with Crippen molar-refractivity contribution in [1.82, 2.24) is 5.32 Å². The second-order valence-corrected chi connectivity index (χ2v) is 2.52. The summed E-state index contributed by atoms with van der Waals surface area (Å²) < 4.78 is 9.37. The van der Waals surface area contributed by atoms with E-state index in [2.05, 4.69) is 10.1 Å². The molecule has 0 aromatic rings. The number of nitrogens with one attached hydrogen (secondary N) is 1. The van der Waals surface area contributed by atoms with E-state index in [-0.39, 0.29) is 19.1 Å². The third-order valence-electron chi connectivity index (χ3n) is 1.39. The molecule has 5 heteroatoms. The molecular weight excluding hydrogens is 174 g/mol. The molecule has 5 nitrogen and oxygen atoms in total. The smallest absolute Gasteiger partial charge is 0.319 e. The predicted molar refractivity (Wildman–Crippen MR) is 47.4 cm³/mol. The van der Waals surface area contributed by atoms with Crippen LogP contribution in [0.15, 0.2) is 0 Å². The highest BCUT2D eigenvalue weighted by molar-refractivity contribution is 5.71. The fraction of sp³-hybridized carbons (Fsp3) is 0.875. The summed E-state index contributed by atoms with van der Waals surface area (Å²) in [5.41, 5.74) is 0. The van der Waals surface area contributed by atoms with Crippen molar-refractivity contribution >= 4 is 5.97 Å². The second kappa shape index (κ2) is 7.97. The van der Waals surface area contributed by atoms with Crippen LogP contribution in [0.25, 0.3) is 0 Å². The lowest BCUT2D eigenvalue weighted by Crippen LogP contribution is -2.34. The summed E-state index contributed by atoms with van der Waals surface area (Å²) >= 11 is 0. The lowest BCUT2D eigenvalue weighted by Gasteiger charge is -2.10. The van der Waals surface area contributed by atoms with Crippen LogP contribution in [0.1, 0.15) is 6.92 Å². The Bertz CT molecular complexity index is 140. The third kappa shape index (κ3) is 7.70. The lowest BCUT2D eigenvalue weighted by molar-refractivity contribution is -0.139. The summed E-state index contributed by atoms with van der Waals surface area (Å²) in [6, 6.07) is 0. The molecule has 0 saturated carbocycles. The average Bonchev–Trinajstić information content (AvgIpc) is 2.14. The van der Waals surface area contributed by atoms with Gasteiger partial charge in [-0.2, -0.15) is 0 Å². The molecule has 0 rings (SSSR count). The highest BCUT2D eigenvalue weighted by Crippen LogP contribution is 1.83.